The molecule has 0 aliphatic carbocycles. The molecule has 0 rings (SSSR count). The summed E-state index contributed by atoms with van der Waals surface area (Å²) in [6.07, 6.45) is 0. The van der Waals surface area contributed by atoms with Crippen LogP contribution in [-0.2, 0) is 0 Å². The van der Waals surface area contributed by atoms with Gasteiger partial charge < -0.3 is 62.0 Å². The van der Waals surface area contributed by atoms with Crippen molar-refractivity contribution in [3.05, 3.63) is 0 Å². The average molecular weight is 408 g/mol. The van der Waals surface area contributed by atoms with E-state index in [1.54, 1.807) is 0 Å². The molecule has 0 aromatic rings. The van der Waals surface area contributed by atoms with Crippen molar-refractivity contribution in [2.24, 2.45) is 0 Å². The van der Waals surface area contributed by atoms with Gasteiger partial charge >= 0.3 is 0 Å². The summed E-state index contributed by atoms with van der Waals surface area (Å²) in [6, 6.07) is 0. The van der Waals surface area contributed by atoms with Gasteiger partial charge in [-0.2, -0.15) is 0 Å². The smallest absolute Gasteiger partial charge is 0 e. The van der Waals surface area contributed by atoms with E-state index in [-0.39, 0.29) is 94.3 Å². The monoisotopic (exact) mass is 406 g/mol. The molecule has 0 nitrogen and oxygen atoms in total. The fourth-order valence-electron chi connectivity index (χ4n) is 0. The van der Waals surface area contributed by atoms with Gasteiger partial charge in [0.1, 0.15) is 0 Å². The van der Waals surface area contributed by atoms with E-state index in [0.717, 1.165) is 0 Å². The Kier molecular flexibility index (Phi) is 627. The van der Waals surface area contributed by atoms with E-state index in [1.165, 1.54) is 0 Å². The van der Waals surface area contributed by atoms with Gasteiger partial charge in [0.05, 0.1) is 0 Å². The summed E-state index contributed by atoms with van der Waals surface area (Å²) in [5.74, 6) is 0. The van der Waals surface area contributed by atoms with Crippen LogP contribution in [0.25, 0.3) is 0 Å². The number of hydrogen-bond donors (Lipinski definition) is 0. The summed E-state index contributed by atoms with van der Waals surface area (Å²) < 4.78 is 0. The molecular weight excluding hydrogens is 408 g/mol. The first-order valence-electron chi connectivity index (χ1n) is 0. The Balaban J connectivity index is 0. The molecule has 0 aliphatic heterocycles. The summed E-state index contributed by atoms with van der Waals surface area (Å²) in [6.45, 7) is 0. The molecular formula is Cl5Pa-5. The standard InChI is InChI=1S/5ClH.Pa/h5*1H;/p-5. The van der Waals surface area contributed by atoms with Gasteiger partial charge in [0.25, 0.3) is 0 Å². The first kappa shape index (κ1) is 75.2. The molecule has 0 amide bonds. The van der Waals surface area contributed by atoms with E-state index in [9.17, 15) is 0 Å². The topological polar surface area (TPSA) is 0 Å². The Morgan fingerprint density at radius 1 is 0.333 bits per heavy atom. The van der Waals surface area contributed by atoms with Gasteiger partial charge in [0.2, 0.25) is 0 Å². The minimum atomic E-state index is 0. The van der Waals surface area contributed by atoms with Crippen molar-refractivity contribution in [3.63, 3.8) is 0 Å². The molecule has 0 aromatic heterocycles. The van der Waals surface area contributed by atoms with E-state index in [4.69, 9.17) is 0 Å². The van der Waals surface area contributed by atoms with Crippen molar-refractivity contribution in [2.45, 2.75) is 0 Å². The Morgan fingerprint density at radius 3 is 0.333 bits per heavy atom. The Hall–Kier alpha value is 2.54. The summed E-state index contributed by atoms with van der Waals surface area (Å²) in [7, 11) is 0. The molecule has 0 N–H and O–H groups in total. The molecule has 0 aliphatic rings. The molecule has 1 radical (unpaired) electrons. The maximum absolute atomic E-state index is 0. The molecule has 0 fully saturated rings. The van der Waals surface area contributed by atoms with E-state index >= 15 is 0 Å². The second kappa shape index (κ2) is 50.0. The van der Waals surface area contributed by atoms with Gasteiger partial charge in [-0.15, -0.1) is 0 Å². The number of halogens is 5. The zero-order valence-electron chi connectivity index (χ0n) is 2.47. The fraction of sp³-hybridized carbons (Fsp3) is 0. The number of rotatable bonds is 0. The van der Waals surface area contributed by atoms with Gasteiger partial charge in [-0.3, -0.25) is 0 Å². The van der Waals surface area contributed by atoms with E-state index < -0.39 is 0 Å². The molecule has 0 saturated carbocycles. The van der Waals surface area contributed by atoms with Crippen molar-refractivity contribution in [2.75, 3.05) is 0 Å². The summed E-state index contributed by atoms with van der Waals surface area (Å²) in [5.41, 5.74) is 0. The average Bonchev–Trinajstić information content (AvgIpc) is 0. The third-order valence-electron chi connectivity index (χ3n) is 0. The Bertz CT molecular complexity index is 3.90. The van der Waals surface area contributed by atoms with Crippen molar-refractivity contribution in [3.8, 4) is 0 Å². The minimum absolute atomic E-state index is 0. The van der Waals surface area contributed by atoms with E-state index in [0.29, 0.717) is 0 Å². The van der Waals surface area contributed by atoms with Crippen molar-refractivity contribution < 1.29 is 94.3 Å². The van der Waals surface area contributed by atoms with Crippen molar-refractivity contribution in [1.82, 2.24) is 0 Å². The van der Waals surface area contributed by atoms with Gasteiger partial charge in [0.15, 0.2) is 0 Å². The van der Waals surface area contributed by atoms with Crippen LogP contribution in [-0.4, -0.2) is 0 Å². The molecule has 0 unspecified atom stereocenters. The molecule has 43 valence electrons. The molecule has 0 saturated heterocycles. The third kappa shape index (κ3) is 31.1. The fourth-order valence-corrected chi connectivity index (χ4v) is 0. The van der Waals surface area contributed by atoms with Crippen molar-refractivity contribution >= 4 is 0 Å². The quantitative estimate of drug-likeness (QED) is 0.374. The number of hydrogen-bond acceptors (Lipinski definition) is 0. The molecule has 6 heteroatoms. The SMILES string of the molecule is [Cl-].[Cl-].[Cl-].[Cl-].[Cl-].[Pa]. The Labute approximate surface area is 93.1 Å². The first-order chi connectivity index (χ1) is 0. The molecule has 0 heterocycles. The summed E-state index contributed by atoms with van der Waals surface area (Å²) in [4.78, 5) is 0. The molecule has 0 spiro atoms. The van der Waals surface area contributed by atoms with Gasteiger partial charge in [0, 0.05) is 32.3 Å². The zero-order valence-corrected chi connectivity index (χ0v) is 11.1. The van der Waals surface area contributed by atoms with Crippen LogP contribution in [0.1, 0.15) is 0 Å². The van der Waals surface area contributed by atoms with Crippen molar-refractivity contribution in [1.29, 1.82) is 0 Å². The maximum atomic E-state index is 0. The van der Waals surface area contributed by atoms with Gasteiger partial charge in [-0.1, -0.05) is 0 Å². The maximum Gasteiger partial charge on any atom is 0 e. The summed E-state index contributed by atoms with van der Waals surface area (Å²) in [5, 5.41) is 0. The van der Waals surface area contributed by atoms with Crippen LogP contribution in [0, 0.1) is 32.3 Å². The third-order valence-corrected chi connectivity index (χ3v) is 0. The minimum Gasteiger partial charge on any atom is -1.00 e. The van der Waals surface area contributed by atoms with Crippen LogP contribution in [0.2, 0.25) is 0 Å². The van der Waals surface area contributed by atoms with Crippen LogP contribution in [0.4, 0.5) is 0 Å². The first-order valence-corrected chi connectivity index (χ1v) is 0. The van der Waals surface area contributed by atoms with Gasteiger partial charge in [-0.25, -0.2) is 0 Å². The molecule has 0 bridgehead atoms. The second-order valence-corrected chi connectivity index (χ2v) is 0. The van der Waals surface area contributed by atoms with E-state index in [2.05, 4.69) is 0 Å². The molecule has 0 aromatic carbocycles. The van der Waals surface area contributed by atoms with Crippen LogP contribution in [0.5, 0.6) is 0 Å². The Morgan fingerprint density at radius 2 is 0.333 bits per heavy atom. The van der Waals surface area contributed by atoms with Crippen LogP contribution < -0.4 is 62.0 Å². The van der Waals surface area contributed by atoms with Crippen LogP contribution in [0.15, 0.2) is 0 Å². The molecule has 6 heavy (non-hydrogen) atoms. The summed E-state index contributed by atoms with van der Waals surface area (Å²) >= 11 is 0. The molecule has 0 atom stereocenters. The second-order valence-electron chi connectivity index (χ2n) is 0. The van der Waals surface area contributed by atoms with Crippen LogP contribution in [0.3, 0.4) is 0 Å². The van der Waals surface area contributed by atoms with E-state index in [1.807, 2.05) is 0 Å². The largest absolute Gasteiger partial charge is 1.00 e. The predicted molar refractivity (Wildman–Crippen MR) is 0 cm³/mol. The normalized spacial score (nSPS) is 0. The predicted octanol–water partition coefficient (Wildman–Crippen LogP) is -15.0. The van der Waals surface area contributed by atoms with Gasteiger partial charge in [-0.05, 0) is 0 Å². The van der Waals surface area contributed by atoms with Crippen LogP contribution >= 0.6 is 0 Å². The zero-order chi connectivity index (χ0) is 0.